The van der Waals surface area contributed by atoms with Gasteiger partial charge in [0.25, 0.3) is 21.2 Å². The minimum absolute atomic E-state index is 0.0259. The summed E-state index contributed by atoms with van der Waals surface area (Å²) in [5.41, 5.74) is 10.9. The van der Waals surface area contributed by atoms with Crippen molar-refractivity contribution >= 4 is 61.5 Å². The van der Waals surface area contributed by atoms with Gasteiger partial charge in [-0.05, 0) is 0 Å². The van der Waals surface area contributed by atoms with Crippen LogP contribution in [0, 0.1) is 0 Å². The number of rotatable bonds is 2. The van der Waals surface area contributed by atoms with Crippen LogP contribution in [0.3, 0.4) is 0 Å². The van der Waals surface area contributed by atoms with E-state index in [1.165, 1.54) is 15.5 Å². The third-order valence-corrected chi connectivity index (χ3v) is 10.8. The van der Waals surface area contributed by atoms with Crippen LogP contribution in [0.4, 0.5) is 11.8 Å². The van der Waals surface area contributed by atoms with E-state index >= 15 is 0 Å². The highest BCUT2D eigenvalue weighted by molar-refractivity contribution is 8.00. The molecule has 7 heterocycles. The number of H-pyrrole nitrogens is 1. The van der Waals surface area contributed by atoms with Crippen molar-refractivity contribution in [1.82, 2.24) is 39.0 Å². The predicted octanol–water partition coefficient (Wildman–Crippen LogP) is -2.89. The Labute approximate surface area is 253 Å². The van der Waals surface area contributed by atoms with Crippen molar-refractivity contribution in [2.75, 3.05) is 24.7 Å². The molecule has 7 rings (SSSR count). The van der Waals surface area contributed by atoms with Crippen LogP contribution in [-0.2, 0) is 32.0 Å². The molecule has 0 amide bonds. The van der Waals surface area contributed by atoms with Crippen LogP contribution in [0.15, 0.2) is 23.8 Å². The highest BCUT2D eigenvalue weighted by atomic mass is 32.2. The zero-order chi connectivity index (χ0) is 31.8. The molecular formula is C20H22N10O12P2S-2. The lowest BCUT2D eigenvalue weighted by atomic mass is 10.1. The lowest BCUT2D eigenvalue weighted by Gasteiger charge is -2.32. The summed E-state index contributed by atoms with van der Waals surface area (Å²) in [6.07, 6.45) is -6.14. The van der Waals surface area contributed by atoms with E-state index in [-0.39, 0.29) is 34.1 Å². The number of thioether (sulfide) groups is 1. The number of aliphatic hydroxyl groups is 2. The zero-order valence-electron chi connectivity index (χ0n) is 22.3. The van der Waals surface area contributed by atoms with Gasteiger partial charge in [-0.25, -0.2) is 19.9 Å². The van der Waals surface area contributed by atoms with Crippen molar-refractivity contribution in [1.29, 1.82) is 0 Å². The van der Waals surface area contributed by atoms with Crippen LogP contribution >= 0.6 is 27.4 Å². The summed E-state index contributed by atoms with van der Waals surface area (Å²) >= 11 is 0.852. The summed E-state index contributed by atoms with van der Waals surface area (Å²) in [4.78, 5) is 60.7. The zero-order valence-corrected chi connectivity index (χ0v) is 24.9. The number of nitrogen functional groups attached to an aromatic ring is 2. The summed E-state index contributed by atoms with van der Waals surface area (Å²) < 4.78 is 55.0. The van der Waals surface area contributed by atoms with Crippen molar-refractivity contribution in [3.8, 4) is 0 Å². The maximum Gasteiger partial charge on any atom is 0.280 e. The first kappa shape index (κ1) is 30.6. The molecule has 242 valence electrons. The van der Waals surface area contributed by atoms with Gasteiger partial charge in [-0.1, -0.05) is 0 Å². The fourth-order valence-corrected chi connectivity index (χ4v) is 8.83. The molecule has 3 fully saturated rings. The van der Waals surface area contributed by atoms with Crippen molar-refractivity contribution < 1.29 is 52.0 Å². The molecule has 3 aliphatic rings. The second-order valence-corrected chi connectivity index (χ2v) is 14.2. The Morgan fingerprint density at radius 2 is 1.62 bits per heavy atom. The Kier molecular flexibility index (Phi) is 7.50. The topological polar surface area (TPSA) is 326 Å². The van der Waals surface area contributed by atoms with E-state index in [4.69, 9.17) is 34.3 Å². The van der Waals surface area contributed by atoms with Gasteiger partial charge < -0.3 is 54.3 Å². The molecule has 25 heteroatoms. The number of imidazole rings is 2. The first-order valence-corrected chi connectivity index (χ1v) is 16.8. The van der Waals surface area contributed by atoms with Gasteiger partial charge in [-0.15, -0.1) is 11.8 Å². The smallest absolute Gasteiger partial charge is 0.280 e. The van der Waals surface area contributed by atoms with Crippen LogP contribution in [0.25, 0.3) is 22.3 Å². The number of aromatic nitrogens is 8. The molecule has 10 atom stereocenters. The third-order valence-electron chi connectivity index (χ3n) is 7.30. The van der Waals surface area contributed by atoms with Gasteiger partial charge in [0.1, 0.15) is 41.6 Å². The monoisotopic (exact) mass is 688 g/mol. The van der Waals surface area contributed by atoms with Gasteiger partial charge in [-0.2, -0.15) is 4.98 Å². The lowest BCUT2D eigenvalue weighted by molar-refractivity contribution is -0.236. The third kappa shape index (κ3) is 5.43. The number of nitrogens with zero attached hydrogens (tertiary/aromatic N) is 7. The number of hydrogen-bond acceptors (Lipinski definition) is 20. The lowest BCUT2D eigenvalue weighted by Crippen LogP contribution is -2.37. The number of aromatic amines is 1. The number of ether oxygens (including phenoxy) is 1. The molecule has 0 aliphatic carbocycles. The minimum atomic E-state index is -5.31. The average molecular weight is 688 g/mol. The molecule has 3 saturated heterocycles. The van der Waals surface area contributed by atoms with E-state index in [0.717, 1.165) is 24.4 Å². The summed E-state index contributed by atoms with van der Waals surface area (Å²) in [6.45, 7) is -1.61. The van der Waals surface area contributed by atoms with E-state index in [1.807, 2.05) is 0 Å². The van der Waals surface area contributed by atoms with E-state index in [9.17, 15) is 33.9 Å². The van der Waals surface area contributed by atoms with Gasteiger partial charge in [-0.3, -0.25) is 28.0 Å². The van der Waals surface area contributed by atoms with Crippen LogP contribution in [0.5, 0.6) is 0 Å². The van der Waals surface area contributed by atoms with Crippen LogP contribution in [0.2, 0.25) is 0 Å². The number of fused-ring (bicyclic) bond motifs is 5. The molecule has 0 radical (unpaired) electrons. The molecule has 7 N–H and O–H groups in total. The number of aliphatic hydroxyl groups excluding tert-OH is 2. The molecule has 2 bridgehead atoms. The number of anilines is 2. The maximum atomic E-state index is 13.1. The Morgan fingerprint density at radius 1 is 0.933 bits per heavy atom. The van der Waals surface area contributed by atoms with Crippen LogP contribution in [0.1, 0.15) is 11.6 Å². The Balaban J connectivity index is 1.21. The van der Waals surface area contributed by atoms with E-state index < -0.39 is 81.8 Å². The van der Waals surface area contributed by atoms with Crippen LogP contribution in [-0.4, -0.2) is 98.2 Å². The molecule has 4 aromatic rings. The normalized spacial score (nSPS) is 37.7. The number of nitrogens with one attached hydrogen (secondary N) is 1. The molecule has 3 aliphatic heterocycles. The number of phosphoric ester groups is 2. The van der Waals surface area contributed by atoms with Crippen molar-refractivity contribution in [2.45, 2.75) is 47.4 Å². The van der Waals surface area contributed by atoms with Crippen molar-refractivity contribution in [3.63, 3.8) is 0 Å². The highest BCUT2D eigenvalue weighted by Gasteiger charge is 2.51. The summed E-state index contributed by atoms with van der Waals surface area (Å²) in [5, 5.41) is 19.9. The SMILES string of the molecule is Nc1nc2c(ncn2[C@@H]2S[C@@H]3COP(=O)([O-])O[C@H]4[C@@H](O)[C@H](n5cnc6c(N)ncnc65)O[C@@H]4COP(=O)([O-])O[C@@H]2[C@@H]3O)c(=O)[nH]1. The fraction of sp³-hybridized carbons (Fsp3) is 0.500. The van der Waals surface area contributed by atoms with Gasteiger partial charge in [0.05, 0.1) is 37.2 Å². The standard InChI is InChI=1S/C20H24N10O12P2S/c21-14-8-15(24-3-23-14)29(4-25-8)18-11(32)12-6(40-18)1-38-43(34,35)42-13-10(31)7(2-39-44(36,37)41-12)45-19(13)30-5-26-9-16(30)27-20(22)28-17(9)33/h3-7,10-13,18-19,31-32H,1-2H2,(H,34,35)(H,36,37)(H2,21,23,24)(H3,22,27,28,33)/p-2/t6-,7-,10-,11-,12-,13-,18-,19-/m1/s1. The van der Waals surface area contributed by atoms with E-state index in [0.29, 0.717) is 0 Å². The van der Waals surface area contributed by atoms with Gasteiger partial charge >= 0.3 is 0 Å². The van der Waals surface area contributed by atoms with Gasteiger partial charge in [0.15, 0.2) is 28.9 Å². The molecule has 0 aromatic carbocycles. The molecule has 0 saturated carbocycles. The number of phosphoric acid groups is 2. The summed E-state index contributed by atoms with van der Waals surface area (Å²) in [7, 11) is -10.6. The molecule has 4 aromatic heterocycles. The molecule has 0 spiro atoms. The Bertz CT molecular complexity index is 1940. The molecular weight excluding hydrogens is 666 g/mol. The molecule has 22 nitrogen and oxygen atoms in total. The first-order chi connectivity index (χ1) is 21.3. The summed E-state index contributed by atoms with van der Waals surface area (Å²) in [6, 6.07) is 0. The molecule has 45 heavy (non-hydrogen) atoms. The Hall–Kier alpha value is -3.05. The van der Waals surface area contributed by atoms with Crippen molar-refractivity contribution in [2.24, 2.45) is 0 Å². The average Bonchev–Trinajstić information content (AvgIpc) is 3.72. The van der Waals surface area contributed by atoms with Gasteiger partial charge in [0, 0.05) is 0 Å². The van der Waals surface area contributed by atoms with Crippen molar-refractivity contribution in [3.05, 3.63) is 29.3 Å². The number of hydrogen-bond donors (Lipinski definition) is 5. The predicted molar refractivity (Wildman–Crippen MR) is 145 cm³/mol. The van der Waals surface area contributed by atoms with Crippen LogP contribution < -0.4 is 26.8 Å². The first-order valence-electron chi connectivity index (χ1n) is 12.9. The number of nitrogens with two attached hydrogens (primary N) is 2. The largest absolute Gasteiger partial charge is 0.756 e. The summed E-state index contributed by atoms with van der Waals surface area (Å²) in [5.74, 6) is -0.233. The highest BCUT2D eigenvalue weighted by Crippen LogP contribution is 2.54. The maximum absolute atomic E-state index is 13.1. The second kappa shape index (κ2) is 11.0. The van der Waals surface area contributed by atoms with Gasteiger partial charge in [0.2, 0.25) is 5.95 Å². The van der Waals surface area contributed by atoms with E-state index in [1.54, 1.807) is 0 Å². The quantitative estimate of drug-likeness (QED) is 0.132. The molecule has 2 unspecified atom stereocenters. The van der Waals surface area contributed by atoms with E-state index in [2.05, 4.69) is 29.9 Å². The minimum Gasteiger partial charge on any atom is -0.756 e. The Morgan fingerprint density at radius 3 is 2.40 bits per heavy atom. The fourth-order valence-electron chi connectivity index (χ4n) is 5.28. The second-order valence-electron chi connectivity index (χ2n) is 10.1.